The predicted octanol–water partition coefficient (Wildman–Crippen LogP) is 1.27. The maximum Gasteiger partial charge on any atom is 0.249 e. The Morgan fingerprint density at radius 3 is 2.71 bits per heavy atom. The number of rotatable bonds is 5. The van der Waals surface area contributed by atoms with Crippen LogP contribution in [0, 0.1) is 13.8 Å². The third-order valence-electron chi connectivity index (χ3n) is 3.74. The summed E-state index contributed by atoms with van der Waals surface area (Å²) in [5.74, 6) is 0.754. The molecule has 0 saturated carbocycles. The molecule has 2 rings (SSSR count). The van der Waals surface area contributed by atoms with Gasteiger partial charge in [-0.2, -0.15) is 0 Å². The number of aromatic nitrogens is 1. The van der Waals surface area contributed by atoms with Crippen LogP contribution >= 0.6 is 12.4 Å². The lowest BCUT2D eigenvalue weighted by Gasteiger charge is -2.17. The van der Waals surface area contributed by atoms with Gasteiger partial charge in [0, 0.05) is 18.2 Å². The van der Waals surface area contributed by atoms with Crippen molar-refractivity contribution in [2.75, 3.05) is 6.54 Å². The molecule has 1 unspecified atom stereocenters. The topological polar surface area (TPSA) is 90.4 Å². The molecule has 3 N–H and O–H groups in total. The van der Waals surface area contributed by atoms with Crippen molar-refractivity contribution >= 4 is 18.3 Å². The largest absolute Gasteiger partial charge is 0.364 e. The minimum absolute atomic E-state index is 0. The Morgan fingerprint density at radius 1 is 1.48 bits per heavy atom. The van der Waals surface area contributed by atoms with Gasteiger partial charge in [0.2, 0.25) is 5.91 Å². The maximum atomic E-state index is 12.1. The van der Waals surface area contributed by atoms with Crippen molar-refractivity contribution in [1.82, 2.24) is 10.5 Å². The van der Waals surface area contributed by atoms with Gasteiger partial charge in [0.05, 0.1) is 11.8 Å². The highest BCUT2D eigenvalue weighted by molar-refractivity contribution is 5.85. The molecular weight excluding hydrogens is 294 g/mol. The van der Waals surface area contributed by atoms with Gasteiger partial charge < -0.3 is 20.3 Å². The van der Waals surface area contributed by atoms with Crippen LogP contribution in [0.4, 0.5) is 0 Å². The lowest BCUT2D eigenvalue weighted by Crippen LogP contribution is -2.41. The molecular formula is C14H24ClN3O3. The second-order valence-corrected chi connectivity index (χ2v) is 5.48. The highest BCUT2D eigenvalue weighted by Gasteiger charge is 2.30. The van der Waals surface area contributed by atoms with E-state index in [4.69, 9.17) is 15.0 Å². The van der Waals surface area contributed by atoms with E-state index < -0.39 is 0 Å². The van der Waals surface area contributed by atoms with Gasteiger partial charge in [0.25, 0.3) is 0 Å². The number of amides is 1. The molecule has 120 valence electrons. The zero-order valence-corrected chi connectivity index (χ0v) is 13.5. The molecule has 2 heterocycles. The number of carbonyl (C=O) groups excluding carboxylic acids is 1. The number of hydrogen-bond donors (Lipinski definition) is 2. The van der Waals surface area contributed by atoms with Crippen LogP contribution in [0.1, 0.15) is 36.8 Å². The highest BCUT2D eigenvalue weighted by atomic mass is 35.5. The number of nitrogens with one attached hydrogen (secondary N) is 1. The van der Waals surface area contributed by atoms with Gasteiger partial charge in [-0.25, -0.2) is 0 Å². The Kier molecular flexibility index (Phi) is 6.64. The van der Waals surface area contributed by atoms with Crippen LogP contribution in [0.3, 0.4) is 0 Å². The monoisotopic (exact) mass is 317 g/mol. The van der Waals surface area contributed by atoms with E-state index in [0.717, 1.165) is 29.9 Å². The Hall–Kier alpha value is -1.11. The molecule has 1 fully saturated rings. The van der Waals surface area contributed by atoms with E-state index in [1.165, 1.54) is 0 Å². The molecule has 1 aliphatic heterocycles. The van der Waals surface area contributed by atoms with E-state index in [2.05, 4.69) is 10.5 Å². The summed E-state index contributed by atoms with van der Waals surface area (Å²) in [6, 6.07) is 0.0137. The average Bonchev–Trinajstić information content (AvgIpc) is 3.00. The number of aryl methyl sites for hydroxylation is 2. The van der Waals surface area contributed by atoms with Gasteiger partial charge in [-0.15, -0.1) is 12.4 Å². The Bertz CT molecular complexity index is 459. The van der Waals surface area contributed by atoms with Crippen LogP contribution in [0.5, 0.6) is 0 Å². The number of nitrogens with two attached hydrogens (primary N) is 1. The number of nitrogens with zero attached hydrogens (tertiary/aromatic N) is 1. The quantitative estimate of drug-likeness (QED) is 0.853. The molecule has 1 amide bonds. The summed E-state index contributed by atoms with van der Waals surface area (Å²) in [6.45, 7) is 6.24. The number of halogens is 1. The van der Waals surface area contributed by atoms with Gasteiger partial charge in [0.15, 0.2) is 0 Å². The van der Waals surface area contributed by atoms with Gasteiger partial charge in [-0.1, -0.05) is 5.16 Å². The van der Waals surface area contributed by atoms with E-state index in [1.807, 2.05) is 20.8 Å². The van der Waals surface area contributed by atoms with Gasteiger partial charge in [0.1, 0.15) is 11.9 Å². The Morgan fingerprint density at radius 2 is 2.19 bits per heavy atom. The van der Waals surface area contributed by atoms with Crippen molar-refractivity contribution in [2.24, 2.45) is 5.73 Å². The number of hydrogen-bond acceptors (Lipinski definition) is 5. The summed E-state index contributed by atoms with van der Waals surface area (Å²) < 4.78 is 10.7. The minimum atomic E-state index is -0.365. The second-order valence-electron chi connectivity index (χ2n) is 5.48. The SMILES string of the molecule is Cc1noc(C)c1CC(C)NC(=O)[C@@H]1CC[C@H](CN)O1.Cl. The Balaban J connectivity index is 0.00000220. The van der Waals surface area contributed by atoms with E-state index in [0.29, 0.717) is 13.0 Å². The molecule has 1 aliphatic rings. The van der Waals surface area contributed by atoms with Gasteiger partial charge >= 0.3 is 0 Å². The summed E-state index contributed by atoms with van der Waals surface area (Å²) in [4.78, 5) is 12.1. The first-order chi connectivity index (χ1) is 9.51. The molecule has 7 heteroatoms. The van der Waals surface area contributed by atoms with Crippen LogP contribution in [-0.4, -0.2) is 35.9 Å². The second kappa shape index (κ2) is 7.77. The summed E-state index contributed by atoms with van der Waals surface area (Å²) in [7, 11) is 0. The molecule has 0 radical (unpaired) electrons. The summed E-state index contributed by atoms with van der Waals surface area (Å²) in [5, 5.41) is 6.91. The smallest absolute Gasteiger partial charge is 0.249 e. The fourth-order valence-corrected chi connectivity index (χ4v) is 2.56. The molecule has 0 spiro atoms. The molecule has 21 heavy (non-hydrogen) atoms. The zero-order chi connectivity index (χ0) is 14.7. The molecule has 1 aromatic rings. The molecule has 3 atom stereocenters. The van der Waals surface area contributed by atoms with Gasteiger partial charge in [-0.3, -0.25) is 4.79 Å². The molecule has 1 aromatic heterocycles. The first-order valence-corrected chi connectivity index (χ1v) is 7.09. The maximum absolute atomic E-state index is 12.1. The van der Waals surface area contributed by atoms with Crippen molar-refractivity contribution in [3.8, 4) is 0 Å². The summed E-state index contributed by atoms with van der Waals surface area (Å²) in [6.07, 6.45) is 1.96. The van der Waals surface area contributed by atoms with E-state index >= 15 is 0 Å². The summed E-state index contributed by atoms with van der Waals surface area (Å²) >= 11 is 0. The van der Waals surface area contributed by atoms with Crippen molar-refractivity contribution in [3.63, 3.8) is 0 Å². The van der Waals surface area contributed by atoms with Crippen molar-refractivity contribution in [3.05, 3.63) is 17.0 Å². The average molecular weight is 318 g/mol. The molecule has 0 bridgehead atoms. The van der Waals surface area contributed by atoms with Crippen LogP contribution in [0.2, 0.25) is 0 Å². The fourth-order valence-electron chi connectivity index (χ4n) is 2.56. The third kappa shape index (κ3) is 4.43. The lowest BCUT2D eigenvalue weighted by atomic mass is 10.1. The van der Waals surface area contributed by atoms with Crippen molar-refractivity contribution in [1.29, 1.82) is 0 Å². The normalized spacial score (nSPS) is 22.7. The van der Waals surface area contributed by atoms with E-state index in [-0.39, 0.29) is 36.6 Å². The van der Waals surface area contributed by atoms with Gasteiger partial charge in [-0.05, 0) is 40.0 Å². The number of carbonyl (C=O) groups is 1. The first kappa shape index (κ1) is 17.9. The standard InChI is InChI=1S/C14H23N3O3.ClH/c1-8(6-12-9(2)17-20-10(12)3)16-14(18)13-5-4-11(7-15)19-13;/h8,11,13H,4-7,15H2,1-3H3,(H,16,18);1H/t8?,11-,13+;/m1./s1. The van der Waals surface area contributed by atoms with E-state index in [1.54, 1.807) is 0 Å². The Labute approximate surface area is 131 Å². The molecule has 1 saturated heterocycles. The van der Waals surface area contributed by atoms with Crippen LogP contribution in [0.15, 0.2) is 4.52 Å². The van der Waals surface area contributed by atoms with Crippen LogP contribution in [-0.2, 0) is 16.0 Å². The molecule has 0 aliphatic carbocycles. The first-order valence-electron chi connectivity index (χ1n) is 7.09. The predicted molar refractivity (Wildman–Crippen MR) is 81.5 cm³/mol. The fraction of sp³-hybridized carbons (Fsp3) is 0.714. The lowest BCUT2D eigenvalue weighted by molar-refractivity contribution is -0.132. The van der Waals surface area contributed by atoms with Crippen LogP contribution in [0.25, 0.3) is 0 Å². The molecule has 0 aromatic carbocycles. The van der Waals surface area contributed by atoms with E-state index in [9.17, 15) is 4.79 Å². The zero-order valence-electron chi connectivity index (χ0n) is 12.7. The highest BCUT2D eigenvalue weighted by Crippen LogP contribution is 2.19. The third-order valence-corrected chi connectivity index (χ3v) is 3.74. The van der Waals surface area contributed by atoms with Crippen LogP contribution < -0.4 is 11.1 Å². The minimum Gasteiger partial charge on any atom is -0.364 e. The van der Waals surface area contributed by atoms with Crippen molar-refractivity contribution < 1.29 is 14.1 Å². The van der Waals surface area contributed by atoms with Crippen molar-refractivity contribution in [2.45, 2.75) is 58.3 Å². The molecule has 6 nitrogen and oxygen atoms in total. The number of ether oxygens (including phenoxy) is 1. The summed E-state index contributed by atoms with van der Waals surface area (Å²) in [5.41, 5.74) is 7.49.